The molecule has 162 valence electrons. The number of hydrogen-bond donors (Lipinski definition) is 1. The van der Waals surface area contributed by atoms with Crippen molar-refractivity contribution in [2.24, 2.45) is 11.8 Å². The molecule has 9 heteroatoms. The molecule has 9 nitrogen and oxygen atoms in total. The van der Waals surface area contributed by atoms with E-state index in [1.807, 2.05) is 12.1 Å². The average Bonchev–Trinajstić information content (AvgIpc) is 3.33. The summed E-state index contributed by atoms with van der Waals surface area (Å²) in [7, 11) is 0. The smallest absolute Gasteiger partial charge is 0.309 e. The molecular weight excluding hydrogens is 396 g/mol. The van der Waals surface area contributed by atoms with Crippen molar-refractivity contribution in [2.45, 2.75) is 56.8 Å². The number of aliphatic hydroxyl groups excluding tert-OH is 1. The molecule has 1 aromatic rings. The molecule has 6 rings (SSSR count). The lowest BCUT2D eigenvalue weighted by molar-refractivity contribution is -0.338. The van der Waals surface area contributed by atoms with Crippen LogP contribution in [0.15, 0.2) is 12.1 Å². The number of fused-ring (bicyclic) bond motifs is 4. The second-order valence-electron chi connectivity index (χ2n) is 8.47. The lowest BCUT2D eigenvalue weighted by Crippen LogP contribution is -2.56. The number of carbonyl (C=O) groups is 1. The van der Waals surface area contributed by atoms with Crippen molar-refractivity contribution in [3.63, 3.8) is 0 Å². The quantitative estimate of drug-likeness (QED) is 0.704. The fraction of sp³-hybridized carbons (Fsp3) is 0.667. The number of hydrogen-bond acceptors (Lipinski definition) is 9. The van der Waals surface area contributed by atoms with Crippen molar-refractivity contribution in [1.29, 1.82) is 0 Å². The number of carbonyl (C=O) groups excluding carboxylic acids is 1. The number of cyclic esters (lactones) is 1. The van der Waals surface area contributed by atoms with Crippen LogP contribution in [0.1, 0.15) is 30.6 Å². The van der Waals surface area contributed by atoms with Crippen LogP contribution >= 0.6 is 0 Å². The van der Waals surface area contributed by atoms with Gasteiger partial charge in [0.05, 0.1) is 31.3 Å². The van der Waals surface area contributed by atoms with E-state index in [0.717, 1.165) is 11.1 Å². The predicted octanol–water partition coefficient (Wildman–Crippen LogP) is 1.06. The first-order chi connectivity index (χ1) is 14.6. The highest BCUT2D eigenvalue weighted by molar-refractivity contribution is 5.76. The predicted molar refractivity (Wildman–Crippen MR) is 97.6 cm³/mol. The highest BCUT2D eigenvalue weighted by Gasteiger charge is 2.50. The van der Waals surface area contributed by atoms with Gasteiger partial charge >= 0.3 is 5.97 Å². The summed E-state index contributed by atoms with van der Waals surface area (Å²) in [4.78, 5) is 12.3. The molecule has 4 heterocycles. The molecule has 4 aliphatic heterocycles. The van der Waals surface area contributed by atoms with Crippen LogP contribution in [0.2, 0.25) is 0 Å². The molecule has 8 atom stereocenters. The molecule has 7 unspecified atom stereocenters. The second kappa shape index (κ2) is 7.06. The van der Waals surface area contributed by atoms with Crippen LogP contribution in [0, 0.1) is 11.8 Å². The fourth-order valence-corrected chi connectivity index (χ4v) is 5.15. The summed E-state index contributed by atoms with van der Waals surface area (Å²) in [5.41, 5.74) is 1.93. The Morgan fingerprint density at radius 1 is 1.10 bits per heavy atom. The molecular formula is C21H24O9. The van der Waals surface area contributed by atoms with Crippen LogP contribution in [0.4, 0.5) is 0 Å². The van der Waals surface area contributed by atoms with E-state index in [-0.39, 0.29) is 37.3 Å². The number of ether oxygens (including phenoxy) is 7. The van der Waals surface area contributed by atoms with Gasteiger partial charge in [0.15, 0.2) is 24.1 Å². The van der Waals surface area contributed by atoms with Crippen LogP contribution in [-0.4, -0.2) is 62.0 Å². The highest BCUT2D eigenvalue weighted by atomic mass is 16.7. The van der Waals surface area contributed by atoms with Gasteiger partial charge in [0.1, 0.15) is 12.2 Å². The summed E-state index contributed by atoms with van der Waals surface area (Å²) in [5, 5.41) is 10.6. The standard InChI is InChI=1S/C21H24O9/c1-9-24-7-17-20(28-9)14(22)5-18(29-17)30-19-11-4-16-15(26-8-27-16)3-10(11)2-12-13(19)6-25-21(12)23/h3-4,9,12-14,17-20,22H,2,5-8H2,1H3/t9-,12?,13?,14?,17?,18?,19?,20?/m1/s1. The van der Waals surface area contributed by atoms with E-state index in [0.29, 0.717) is 31.1 Å². The maximum Gasteiger partial charge on any atom is 0.309 e. The molecule has 0 amide bonds. The zero-order chi connectivity index (χ0) is 20.4. The van der Waals surface area contributed by atoms with Crippen LogP contribution in [0.25, 0.3) is 0 Å². The third kappa shape index (κ3) is 2.99. The largest absolute Gasteiger partial charge is 0.465 e. The first-order valence-electron chi connectivity index (χ1n) is 10.4. The Kier molecular flexibility index (Phi) is 4.43. The average molecular weight is 420 g/mol. The van der Waals surface area contributed by atoms with Gasteiger partial charge in [-0.25, -0.2) is 0 Å². The van der Waals surface area contributed by atoms with Gasteiger partial charge in [-0.15, -0.1) is 0 Å². The lowest BCUT2D eigenvalue weighted by atomic mass is 9.75. The van der Waals surface area contributed by atoms with E-state index in [1.165, 1.54) is 0 Å². The van der Waals surface area contributed by atoms with E-state index in [1.54, 1.807) is 6.92 Å². The van der Waals surface area contributed by atoms with E-state index < -0.39 is 30.7 Å². The van der Waals surface area contributed by atoms with Crippen LogP contribution in [0.5, 0.6) is 11.5 Å². The topological polar surface area (TPSA) is 102 Å². The SMILES string of the molecule is C[C@@H]1OCC2OC(OC3c4cc5c(cc4CC4C(=O)OCC43)OCO5)CC(O)C2O1. The van der Waals surface area contributed by atoms with Gasteiger partial charge in [-0.3, -0.25) is 4.79 Å². The van der Waals surface area contributed by atoms with Gasteiger partial charge in [0, 0.05) is 12.3 Å². The normalized spacial score (nSPS) is 41.6. The number of aliphatic hydroxyl groups is 1. The summed E-state index contributed by atoms with van der Waals surface area (Å²) in [6, 6.07) is 3.85. The minimum absolute atomic E-state index is 0.122. The molecule has 1 aromatic carbocycles. The Labute approximate surface area is 173 Å². The summed E-state index contributed by atoms with van der Waals surface area (Å²) < 4.78 is 40.1. The van der Waals surface area contributed by atoms with Crippen LogP contribution in [0.3, 0.4) is 0 Å². The van der Waals surface area contributed by atoms with Gasteiger partial charge in [0.25, 0.3) is 0 Å². The van der Waals surface area contributed by atoms with Crippen LogP contribution in [-0.2, 0) is 34.9 Å². The zero-order valence-corrected chi connectivity index (χ0v) is 16.5. The molecule has 0 radical (unpaired) electrons. The summed E-state index contributed by atoms with van der Waals surface area (Å²) in [5.74, 6) is 0.743. The van der Waals surface area contributed by atoms with Gasteiger partial charge in [0.2, 0.25) is 6.79 Å². The Hall–Kier alpha value is -1.91. The van der Waals surface area contributed by atoms with Gasteiger partial charge in [-0.2, -0.15) is 0 Å². The third-order valence-electron chi connectivity index (χ3n) is 6.66. The molecule has 0 bridgehead atoms. The molecule has 1 aliphatic carbocycles. The Bertz CT molecular complexity index is 857. The first-order valence-corrected chi connectivity index (χ1v) is 10.4. The minimum Gasteiger partial charge on any atom is -0.465 e. The molecule has 0 saturated carbocycles. The maximum atomic E-state index is 12.3. The number of rotatable bonds is 2. The number of esters is 1. The van der Waals surface area contributed by atoms with Crippen molar-refractivity contribution in [2.75, 3.05) is 20.0 Å². The van der Waals surface area contributed by atoms with Crippen molar-refractivity contribution in [3.8, 4) is 11.5 Å². The Morgan fingerprint density at radius 2 is 1.93 bits per heavy atom. The van der Waals surface area contributed by atoms with E-state index in [4.69, 9.17) is 33.2 Å². The Morgan fingerprint density at radius 3 is 2.80 bits per heavy atom. The van der Waals surface area contributed by atoms with Crippen molar-refractivity contribution < 1.29 is 43.1 Å². The van der Waals surface area contributed by atoms with Gasteiger partial charge in [-0.05, 0) is 36.6 Å². The molecule has 0 aromatic heterocycles. The molecule has 0 spiro atoms. The highest BCUT2D eigenvalue weighted by Crippen LogP contribution is 2.49. The summed E-state index contributed by atoms with van der Waals surface area (Å²) >= 11 is 0. The monoisotopic (exact) mass is 420 g/mol. The molecule has 3 saturated heterocycles. The van der Waals surface area contributed by atoms with Crippen molar-refractivity contribution >= 4 is 5.97 Å². The lowest BCUT2D eigenvalue weighted by Gasteiger charge is -2.45. The van der Waals surface area contributed by atoms with E-state index in [2.05, 4.69) is 0 Å². The maximum absolute atomic E-state index is 12.3. The van der Waals surface area contributed by atoms with Gasteiger partial charge < -0.3 is 38.3 Å². The summed E-state index contributed by atoms with van der Waals surface area (Å²) in [6.45, 7) is 2.60. The molecule has 30 heavy (non-hydrogen) atoms. The van der Waals surface area contributed by atoms with Crippen molar-refractivity contribution in [3.05, 3.63) is 23.3 Å². The second-order valence-corrected chi connectivity index (χ2v) is 8.47. The zero-order valence-electron chi connectivity index (χ0n) is 16.5. The fourth-order valence-electron chi connectivity index (χ4n) is 5.15. The summed E-state index contributed by atoms with van der Waals surface area (Å²) in [6.07, 6.45) is -2.17. The molecule has 3 fully saturated rings. The van der Waals surface area contributed by atoms with E-state index in [9.17, 15) is 9.90 Å². The van der Waals surface area contributed by atoms with Gasteiger partial charge in [-0.1, -0.05) is 0 Å². The third-order valence-corrected chi connectivity index (χ3v) is 6.66. The van der Waals surface area contributed by atoms with Crippen molar-refractivity contribution in [1.82, 2.24) is 0 Å². The van der Waals surface area contributed by atoms with E-state index >= 15 is 0 Å². The molecule has 1 N–H and O–H groups in total. The first kappa shape index (κ1) is 18.8. The minimum atomic E-state index is -0.725. The number of benzene rings is 1. The molecule has 5 aliphatic rings. The Balaban J connectivity index is 1.29. The van der Waals surface area contributed by atoms with Crippen LogP contribution < -0.4 is 9.47 Å².